The van der Waals surface area contributed by atoms with E-state index in [0.717, 1.165) is 51.7 Å². The molecule has 0 radical (unpaired) electrons. The molecule has 2 aromatic carbocycles. The molecule has 6 rings (SSSR count). The molecule has 0 spiro atoms. The molecular weight excluding hydrogens is 532 g/mol. The van der Waals surface area contributed by atoms with Crippen molar-refractivity contribution >= 4 is 5.97 Å². The second-order valence-electron chi connectivity index (χ2n) is 13.1. The van der Waals surface area contributed by atoms with Gasteiger partial charge in [-0.15, -0.1) is 0 Å². The first-order valence-corrected chi connectivity index (χ1v) is 16.8. The number of carboxylic acids is 1. The molecule has 6 heteroatoms. The fourth-order valence-electron chi connectivity index (χ4n) is 7.55. The van der Waals surface area contributed by atoms with Crippen LogP contribution in [0.25, 0.3) is 0 Å². The summed E-state index contributed by atoms with van der Waals surface area (Å²) >= 11 is 0. The van der Waals surface area contributed by atoms with Crippen LogP contribution >= 0.6 is 0 Å². The highest BCUT2D eigenvalue weighted by Crippen LogP contribution is 2.35. The van der Waals surface area contributed by atoms with Crippen molar-refractivity contribution in [2.75, 3.05) is 33.2 Å². The van der Waals surface area contributed by atoms with Gasteiger partial charge in [-0.1, -0.05) is 86.8 Å². The second kappa shape index (κ2) is 15.7. The SMILES string of the molecule is CCCn1nc(Cc2ccccc2)cc1C1CCN(C)CC1.O=C(O)[C@@H](C1CCCCC1)N1CCC(c2ccccc2)C1. The highest BCUT2D eigenvalue weighted by atomic mass is 16.4. The van der Waals surface area contributed by atoms with Gasteiger partial charge in [-0.2, -0.15) is 5.10 Å². The lowest BCUT2D eigenvalue weighted by atomic mass is 9.83. The summed E-state index contributed by atoms with van der Waals surface area (Å²) in [5.74, 6) is 0.915. The average Bonchev–Trinajstić information content (AvgIpc) is 3.67. The number of aromatic nitrogens is 2. The molecule has 6 nitrogen and oxygen atoms in total. The number of aliphatic carboxylic acids is 1. The molecule has 3 heterocycles. The van der Waals surface area contributed by atoms with E-state index in [1.807, 2.05) is 6.07 Å². The maximum Gasteiger partial charge on any atom is 0.321 e. The van der Waals surface area contributed by atoms with Crippen LogP contribution in [-0.2, 0) is 17.8 Å². The lowest BCUT2D eigenvalue weighted by molar-refractivity contribution is -0.145. The van der Waals surface area contributed by atoms with Crippen LogP contribution in [0.1, 0.15) is 99.1 Å². The highest BCUT2D eigenvalue weighted by Gasteiger charge is 2.38. The maximum absolute atomic E-state index is 11.8. The molecule has 2 saturated heterocycles. The van der Waals surface area contributed by atoms with Gasteiger partial charge in [0, 0.05) is 31.1 Å². The second-order valence-corrected chi connectivity index (χ2v) is 13.1. The van der Waals surface area contributed by atoms with Gasteiger partial charge in [-0.25, -0.2) is 0 Å². The fourth-order valence-corrected chi connectivity index (χ4v) is 7.55. The number of benzene rings is 2. The van der Waals surface area contributed by atoms with E-state index in [0.29, 0.717) is 17.8 Å². The minimum atomic E-state index is -0.615. The lowest BCUT2D eigenvalue weighted by Crippen LogP contribution is -2.45. The molecule has 1 saturated carbocycles. The third-order valence-corrected chi connectivity index (χ3v) is 9.90. The zero-order valence-corrected chi connectivity index (χ0v) is 26.4. The number of carboxylic acid groups (broad SMARTS) is 1. The van der Waals surface area contributed by atoms with Gasteiger partial charge >= 0.3 is 5.97 Å². The zero-order valence-electron chi connectivity index (χ0n) is 26.4. The molecular formula is C37H52N4O2. The highest BCUT2D eigenvalue weighted by molar-refractivity contribution is 5.74. The van der Waals surface area contributed by atoms with Crippen LogP contribution in [0.3, 0.4) is 0 Å². The standard InChI is InChI=1S/C19H27N3.C18H25NO2/c1-3-11-22-19(17-9-12-21(2)13-10-17)15-18(20-22)14-16-7-5-4-6-8-16;20-18(21)17(15-9-5-2-6-10-15)19-12-11-16(13-19)14-7-3-1-4-8-14/h4-8,15,17H,3,9-14H2,1-2H3;1,3-4,7-8,15-17H,2,5-6,9-13H2,(H,20,21)/t;16?,17-/m.1/s1. The Labute approximate surface area is 259 Å². The van der Waals surface area contributed by atoms with Crippen molar-refractivity contribution in [2.45, 2.75) is 95.6 Å². The smallest absolute Gasteiger partial charge is 0.321 e. The topological polar surface area (TPSA) is 61.6 Å². The zero-order chi connectivity index (χ0) is 30.0. The number of aryl methyl sites for hydroxylation is 1. The third-order valence-electron chi connectivity index (χ3n) is 9.90. The van der Waals surface area contributed by atoms with Gasteiger partial charge in [0.15, 0.2) is 0 Å². The van der Waals surface area contributed by atoms with Crippen LogP contribution in [0.2, 0.25) is 0 Å². The Bertz CT molecular complexity index is 1250. The van der Waals surface area contributed by atoms with Crippen molar-refractivity contribution in [2.24, 2.45) is 5.92 Å². The van der Waals surface area contributed by atoms with Crippen molar-refractivity contribution in [3.05, 3.63) is 89.2 Å². The van der Waals surface area contributed by atoms with Crippen LogP contribution in [-0.4, -0.2) is 69.9 Å². The quantitative estimate of drug-likeness (QED) is 0.288. The van der Waals surface area contributed by atoms with Crippen LogP contribution in [0.4, 0.5) is 0 Å². The predicted octanol–water partition coefficient (Wildman–Crippen LogP) is 7.20. The van der Waals surface area contributed by atoms with Gasteiger partial charge in [0.25, 0.3) is 0 Å². The first-order chi connectivity index (χ1) is 21.0. The minimum Gasteiger partial charge on any atom is -0.480 e. The fraction of sp³-hybridized carbons (Fsp3) is 0.568. The number of rotatable bonds is 9. The van der Waals surface area contributed by atoms with Gasteiger partial charge in [-0.3, -0.25) is 14.4 Å². The van der Waals surface area contributed by atoms with Gasteiger partial charge in [0.1, 0.15) is 6.04 Å². The van der Waals surface area contributed by atoms with E-state index in [-0.39, 0.29) is 6.04 Å². The number of nitrogens with zero attached hydrogens (tertiary/aromatic N) is 4. The first kappa shape index (κ1) is 31.5. The largest absolute Gasteiger partial charge is 0.480 e. The van der Waals surface area contributed by atoms with Crippen molar-refractivity contribution in [3.63, 3.8) is 0 Å². The van der Waals surface area contributed by atoms with Crippen molar-refractivity contribution in [1.82, 2.24) is 19.6 Å². The Hall–Kier alpha value is -2.96. The van der Waals surface area contributed by atoms with Gasteiger partial charge < -0.3 is 10.0 Å². The molecule has 43 heavy (non-hydrogen) atoms. The van der Waals surface area contributed by atoms with Crippen LogP contribution in [0.5, 0.6) is 0 Å². The summed E-state index contributed by atoms with van der Waals surface area (Å²) in [5.41, 5.74) is 5.38. The van der Waals surface area contributed by atoms with E-state index in [2.05, 4.69) is 89.1 Å². The molecule has 232 valence electrons. The number of piperidine rings is 1. The molecule has 3 aromatic rings. The summed E-state index contributed by atoms with van der Waals surface area (Å²) in [4.78, 5) is 16.5. The average molecular weight is 585 g/mol. The summed E-state index contributed by atoms with van der Waals surface area (Å²) in [6.45, 7) is 7.50. The molecule has 0 amide bonds. The molecule has 2 atom stereocenters. The lowest BCUT2D eigenvalue weighted by Gasteiger charge is -2.33. The van der Waals surface area contributed by atoms with Crippen molar-refractivity contribution < 1.29 is 9.90 Å². The Morgan fingerprint density at radius 3 is 2.19 bits per heavy atom. The molecule has 0 bridgehead atoms. The van der Waals surface area contributed by atoms with E-state index < -0.39 is 5.97 Å². The molecule has 2 aliphatic heterocycles. The summed E-state index contributed by atoms with van der Waals surface area (Å²) in [7, 11) is 2.22. The molecule has 3 aliphatic rings. The summed E-state index contributed by atoms with van der Waals surface area (Å²) in [6.07, 6.45) is 11.5. The van der Waals surface area contributed by atoms with E-state index in [4.69, 9.17) is 5.10 Å². The number of hydrogen-bond acceptors (Lipinski definition) is 4. The maximum atomic E-state index is 11.8. The molecule has 1 N–H and O–H groups in total. The van der Waals surface area contributed by atoms with E-state index in [1.165, 1.54) is 67.7 Å². The normalized spacial score (nSPS) is 21.3. The van der Waals surface area contributed by atoms with E-state index in [1.54, 1.807) is 0 Å². The Kier molecular flexibility index (Phi) is 11.5. The number of hydrogen-bond donors (Lipinski definition) is 1. The monoisotopic (exact) mass is 584 g/mol. The van der Waals surface area contributed by atoms with Crippen LogP contribution in [0, 0.1) is 5.92 Å². The Balaban J connectivity index is 0.000000171. The summed E-state index contributed by atoms with van der Waals surface area (Å²) in [6, 6.07) is 23.3. The molecule has 1 unspecified atom stereocenters. The number of likely N-dealkylation sites (tertiary alicyclic amines) is 2. The van der Waals surface area contributed by atoms with Crippen LogP contribution in [0.15, 0.2) is 66.7 Å². The molecule has 1 aliphatic carbocycles. The summed E-state index contributed by atoms with van der Waals surface area (Å²) in [5, 5.41) is 14.6. The van der Waals surface area contributed by atoms with E-state index in [9.17, 15) is 9.90 Å². The predicted molar refractivity (Wildman–Crippen MR) is 175 cm³/mol. The Morgan fingerprint density at radius 1 is 0.884 bits per heavy atom. The number of carbonyl (C=O) groups is 1. The van der Waals surface area contributed by atoms with Crippen molar-refractivity contribution in [1.29, 1.82) is 0 Å². The first-order valence-electron chi connectivity index (χ1n) is 16.8. The molecule has 3 fully saturated rings. The van der Waals surface area contributed by atoms with Crippen LogP contribution < -0.4 is 0 Å². The van der Waals surface area contributed by atoms with E-state index >= 15 is 0 Å². The molecule has 1 aromatic heterocycles. The van der Waals surface area contributed by atoms with Crippen molar-refractivity contribution in [3.8, 4) is 0 Å². The summed E-state index contributed by atoms with van der Waals surface area (Å²) < 4.78 is 2.27. The minimum absolute atomic E-state index is 0.265. The van der Waals surface area contributed by atoms with Gasteiger partial charge in [-0.05, 0) is 94.2 Å². The Morgan fingerprint density at radius 2 is 1.53 bits per heavy atom. The van der Waals surface area contributed by atoms with Gasteiger partial charge in [0.2, 0.25) is 0 Å². The van der Waals surface area contributed by atoms with Gasteiger partial charge in [0.05, 0.1) is 5.69 Å². The third kappa shape index (κ3) is 8.57.